The van der Waals surface area contributed by atoms with Crippen LogP contribution >= 0.6 is 0 Å². The molecule has 2 aromatic rings. The van der Waals surface area contributed by atoms with Crippen LogP contribution in [0.1, 0.15) is 39.2 Å². The minimum Gasteiger partial charge on any atom is -0.444 e. The maximum absolute atomic E-state index is 13.9. The highest BCUT2D eigenvalue weighted by Gasteiger charge is 2.30. The minimum atomic E-state index is -0.524. The summed E-state index contributed by atoms with van der Waals surface area (Å²) in [5.41, 5.74) is 1.21. The molecule has 1 saturated heterocycles. The van der Waals surface area contributed by atoms with Crippen molar-refractivity contribution in [1.29, 1.82) is 0 Å². The molecule has 0 N–H and O–H groups in total. The molecule has 1 amide bonds. The zero-order valence-electron chi connectivity index (χ0n) is 17.2. The molecule has 0 spiro atoms. The lowest BCUT2D eigenvalue weighted by Gasteiger charge is -2.40. The summed E-state index contributed by atoms with van der Waals surface area (Å²) in [6, 6.07) is 13.0. The zero-order valence-corrected chi connectivity index (χ0v) is 17.2. The molecule has 4 nitrogen and oxygen atoms in total. The molecule has 3 rings (SSSR count). The van der Waals surface area contributed by atoms with Crippen molar-refractivity contribution in [3.8, 4) is 0 Å². The number of piperidine rings is 1. The van der Waals surface area contributed by atoms with Gasteiger partial charge in [-0.1, -0.05) is 18.2 Å². The smallest absolute Gasteiger partial charge is 0.410 e. The second kappa shape index (κ2) is 8.80. The van der Waals surface area contributed by atoms with Gasteiger partial charge in [0.15, 0.2) is 0 Å². The molecule has 0 radical (unpaired) electrons. The Labute approximate surface area is 171 Å². The van der Waals surface area contributed by atoms with Gasteiger partial charge in [-0.2, -0.15) is 0 Å². The number of nitrogens with zero attached hydrogens (tertiary/aromatic N) is 2. The monoisotopic (exact) mass is 402 g/mol. The number of rotatable bonds is 4. The van der Waals surface area contributed by atoms with Crippen molar-refractivity contribution in [2.45, 2.75) is 51.8 Å². The van der Waals surface area contributed by atoms with E-state index in [2.05, 4.69) is 4.90 Å². The normalized spacial score (nSPS) is 15.3. The van der Waals surface area contributed by atoms with E-state index in [1.807, 2.05) is 26.8 Å². The van der Waals surface area contributed by atoms with Crippen LogP contribution in [-0.2, 0) is 11.3 Å². The van der Waals surface area contributed by atoms with E-state index in [-0.39, 0.29) is 23.8 Å². The molecule has 0 unspecified atom stereocenters. The van der Waals surface area contributed by atoms with E-state index in [1.54, 1.807) is 23.1 Å². The summed E-state index contributed by atoms with van der Waals surface area (Å²) in [4.78, 5) is 16.2. The van der Waals surface area contributed by atoms with E-state index < -0.39 is 5.60 Å². The Balaban J connectivity index is 1.73. The summed E-state index contributed by atoms with van der Waals surface area (Å²) in [6.45, 7) is 7.26. The average Bonchev–Trinajstić information content (AvgIpc) is 2.66. The quantitative estimate of drug-likeness (QED) is 0.689. The Hall–Kier alpha value is -2.63. The summed E-state index contributed by atoms with van der Waals surface area (Å²) >= 11 is 0. The molecule has 0 bridgehead atoms. The minimum absolute atomic E-state index is 0.139. The molecule has 1 aliphatic heterocycles. The van der Waals surface area contributed by atoms with Crippen molar-refractivity contribution in [2.24, 2.45) is 0 Å². The van der Waals surface area contributed by atoms with Crippen LogP contribution in [0.2, 0.25) is 0 Å². The van der Waals surface area contributed by atoms with Gasteiger partial charge in [-0.05, 0) is 69.5 Å². The van der Waals surface area contributed by atoms with E-state index in [4.69, 9.17) is 4.74 Å². The van der Waals surface area contributed by atoms with E-state index >= 15 is 0 Å². The topological polar surface area (TPSA) is 32.8 Å². The van der Waals surface area contributed by atoms with Gasteiger partial charge in [0.2, 0.25) is 0 Å². The number of carbonyl (C=O) groups is 1. The molecule has 1 fully saturated rings. The molecule has 0 aromatic heterocycles. The van der Waals surface area contributed by atoms with Crippen LogP contribution in [0.3, 0.4) is 0 Å². The molecule has 0 aliphatic carbocycles. The average molecular weight is 402 g/mol. The first-order valence-corrected chi connectivity index (χ1v) is 9.96. The second-order valence-electron chi connectivity index (χ2n) is 8.43. The highest BCUT2D eigenvalue weighted by molar-refractivity contribution is 5.68. The van der Waals surface area contributed by atoms with E-state index in [1.165, 1.54) is 24.3 Å². The highest BCUT2D eigenvalue weighted by atomic mass is 19.1. The maximum Gasteiger partial charge on any atom is 0.410 e. The fraction of sp³-hybridized carbons (Fsp3) is 0.435. The van der Waals surface area contributed by atoms with Crippen LogP contribution in [-0.4, -0.2) is 35.7 Å². The largest absolute Gasteiger partial charge is 0.444 e. The lowest BCUT2D eigenvalue weighted by atomic mass is 10.0. The number of hydrogen-bond acceptors (Lipinski definition) is 3. The van der Waals surface area contributed by atoms with Gasteiger partial charge in [0.25, 0.3) is 0 Å². The van der Waals surface area contributed by atoms with E-state index in [0.29, 0.717) is 19.6 Å². The van der Waals surface area contributed by atoms with Gasteiger partial charge in [0.05, 0.1) is 0 Å². The molecule has 1 aliphatic rings. The van der Waals surface area contributed by atoms with Crippen LogP contribution < -0.4 is 4.90 Å². The van der Waals surface area contributed by atoms with Gasteiger partial charge in [0, 0.05) is 31.4 Å². The first kappa shape index (κ1) is 21.1. The van der Waals surface area contributed by atoms with Gasteiger partial charge in [-0.15, -0.1) is 0 Å². The Morgan fingerprint density at radius 2 is 1.72 bits per heavy atom. The number of hydrogen-bond donors (Lipinski definition) is 0. The van der Waals surface area contributed by atoms with Gasteiger partial charge in [-0.25, -0.2) is 13.6 Å². The van der Waals surface area contributed by atoms with E-state index in [0.717, 1.165) is 24.1 Å². The summed E-state index contributed by atoms with van der Waals surface area (Å²) < 4.78 is 32.6. The third kappa shape index (κ3) is 5.92. The third-order valence-electron chi connectivity index (χ3n) is 4.96. The molecular formula is C23H28F2N2O2. The van der Waals surface area contributed by atoms with Crippen LogP contribution in [0, 0.1) is 11.6 Å². The standard InChI is InChI=1S/C23H28F2N2O2/c1-23(2,3)29-22(28)26-13-11-20(12-14-26)27(21-6-4-5-19(25)15-21)16-17-7-9-18(24)10-8-17/h4-10,15,20H,11-14,16H2,1-3H3. The van der Waals surface area contributed by atoms with Crippen LogP contribution in [0.15, 0.2) is 48.5 Å². The summed E-state index contributed by atoms with van der Waals surface area (Å²) in [5.74, 6) is -0.575. The number of carbonyl (C=O) groups excluding carboxylic acids is 1. The first-order chi connectivity index (χ1) is 13.7. The molecule has 29 heavy (non-hydrogen) atoms. The number of benzene rings is 2. The first-order valence-electron chi connectivity index (χ1n) is 9.96. The van der Waals surface area contributed by atoms with Gasteiger partial charge >= 0.3 is 6.09 Å². The van der Waals surface area contributed by atoms with Gasteiger partial charge in [-0.3, -0.25) is 0 Å². The summed E-state index contributed by atoms with van der Waals surface area (Å²) in [7, 11) is 0. The Morgan fingerprint density at radius 3 is 2.31 bits per heavy atom. The van der Waals surface area contributed by atoms with Crippen LogP contribution in [0.5, 0.6) is 0 Å². The number of amides is 1. The molecule has 6 heteroatoms. The Morgan fingerprint density at radius 1 is 1.07 bits per heavy atom. The van der Waals surface area contributed by atoms with Crippen LogP contribution in [0.4, 0.5) is 19.3 Å². The van der Waals surface area contributed by atoms with E-state index in [9.17, 15) is 13.6 Å². The molecule has 2 aromatic carbocycles. The van der Waals surface area contributed by atoms with Crippen molar-refractivity contribution >= 4 is 11.8 Å². The highest BCUT2D eigenvalue weighted by Crippen LogP contribution is 2.27. The Kier molecular flexibility index (Phi) is 6.40. The van der Waals surface area contributed by atoms with Crippen molar-refractivity contribution in [2.75, 3.05) is 18.0 Å². The molecule has 0 saturated carbocycles. The second-order valence-corrected chi connectivity index (χ2v) is 8.43. The fourth-order valence-corrected chi connectivity index (χ4v) is 3.56. The lowest BCUT2D eigenvalue weighted by Crippen LogP contribution is -2.48. The van der Waals surface area contributed by atoms with Crippen molar-refractivity contribution in [1.82, 2.24) is 4.90 Å². The predicted octanol–water partition coefficient (Wildman–Crippen LogP) is 5.37. The third-order valence-corrected chi connectivity index (χ3v) is 4.96. The van der Waals surface area contributed by atoms with Crippen LogP contribution in [0.25, 0.3) is 0 Å². The SMILES string of the molecule is CC(C)(C)OC(=O)N1CCC(N(Cc2ccc(F)cc2)c2cccc(F)c2)CC1. The summed E-state index contributed by atoms with van der Waals surface area (Å²) in [5, 5.41) is 0. The van der Waals surface area contributed by atoms with Crippen molar-refractivity contribution < 1.29 is 18.3 Å². The number of likely N-dealkylation sites (tertiary alicyclic amines) is 1. The predicted molar refractivity (Wildman–Crippen MR) is 110 cm³/mol. The molecular weight excluding hydrogens is 374 g/mol. The van der Waals surface area contributed by atoms with Crippen molar-refractivity contribution in [3.05, 3.63) is 65.7 Å². The Bertz CT molecular complexity index is 826. The summed E-state index contributed by atoms with van der Waals surface area (Å²) in [6.07, 6.45) is 1.19. The molecule has 0 atom stereocenters. The number of halogens is 2. The van der Waals surface area contributed by atoms with Crippen molar-refractivity contribution in [3.63, 3.8) is 0 Å². The fourth-order valence-electron chi connectivity index (χ4n) is 3.56. The molecule has 1 heterocycles. The van der Waals surface area contributed by atoms with Gasteiger partial charge in [0.1, 0.15) is 17.2 Å². The number of anilines is 1. The van der Waals surface area contributed by atoms with Gasteiger partial charge < -0.3 is 14.5 Å². The zero-order chi connectivity index (χ0) is 21.0. The maximum atomic E-state index is 13.9. The number of ether oxygens (including phenoxy) is 1. The lowest BCUT2D eigenvalue weighted by molar-refractivity contribution is 0.0204. The molecule has 156 valence electrons.